The Morgan fingerprint density at radius 2 is 1.71 bits per heavy atom. The van der Waals surface area contributed by atoms with E-state index in [1.165, 1.54) is 20.7 Å². The lowest BCUT2D eigenvalue weighted by atomic mass is 10.1. The number of hydrogen-bond donors (Lipinski definition) is 0. The summed E-state index contributed by atoms with van der Waals surface area (Å²) >= 11 is 0. The van der Waals surface area contributed by atoms with Gasteiger partial charge in [-0.2, -0.15) is 17.0 Å². The topological polar surface area (TPSA) is 100 Å². The number of carbonyl (C=O) groups excluding carboxylic acids is 2. The zero-order valence-corrected chi connectivity index (χ0v) is 17.7. The van der Waals surface area contributed by atoms with Crippen LogP contribution >= 0.6 is 0 Å². The van der Waals surface area contributed by atoms with Gasteiger partial charge < -0.3 is 9.64 Å². The number of amides is 1. The summed E-state index contributed by atoms with van der Waals surface area (Å²) in [7, 11) is -3.50. The van der Waals surface area contributed by atoms with Gasteiger partial charge in [-0.25, -0.2) is 9.78 Å². The van der Waals surface area contributed by atoms with E-state index in [2.05, 4.69) is 4.98 Å². The second-order valence-electron chi connectivity index (χ2n) is 6.33. The molecule has 2 rings (SSSR count). The number of carbonyl (C=O) groups is 2. The first-order valence-electron chi connectivity index (χ1n) is 9.45. The highest BCUT2D eigenvalue weighted by atomic mass is 32.2. The maximum atomic E-state index is 12.7. The van der Waals surface area contributed by atoms with Crippen molar-refractivity contribution in [2.45, 2.75) is 27.7 Å². The van der Waals surface area contributed by atoms with Crippen LogP contribution in [0.5, 0.6) is 0 Å². The van der Waals surface area contributed by atoms with Crippen LogP contribution in [-0.4, -0.2) is 84.7 Å². The second-order valence-corrected chi connectivity index (χ2v) is 8.26. The van der Waals surface area contributed by atoms with Crippen molar-refractivity contribution in [2.75, 3.05) is 45.9 Å². The summed E-state index contributed by atoms with van der Waals surface area (Å²) in [5.41, 5.74) is 0.978. The summed E-state index contributed by atoms with van der Waals surface area (Å²) in [5, 5.41) is 0. The van der Waals surface area contributed by atoms with E-state index in [1.807, 2.05) is 0 Å². The van der Waals surface area contributed by atoms with Crippen molar-refractivity contribution in [3.05, 3.63) is 29.1 Å². The predicted octanol–water partition coefficient (Wildman–Crippen LogP) is 0.911. The van der Waals surface area contributed by atoms with Crippen molar-refractivity contribution >= 4 is 22.1 Å². The van der Waals surface area contributed by atoms with Crippen LogP contribution in [0.15, 0.2) is 12.1 Å². The second kappa shape index (κ2) is 9.44. The molecule has 1 aromatic rings. The molecule has 1 aliphatic rings. The highest BCUT2D eigenvalue weighted by Gasteiger charge is 2.32. The molecule has 0 bridgehead atoms. The molecule has 10 heteroatoms. The highest BCUT2D eigenvalue weighted by molar-refractivity contribution is 7.86. The van der Waals surface area contributed by atoms with E-state index in [0.29, 0.717) is 37.4 Å². The molecule has 1 fully saturated rings. The van der Waals surface area contributed by atoms with Gasteiger partial charge in [-0.3, -0.25) is 4.79 Å². The fourth-order valence-corrected chi connectivity index (χ4v) is 4.71. The number of pyridine rings is 1. The van der Waals surface area contributed by atoms with E-state index in [0.717, 1.165) is 0 Å². The van der Waals surface area contributed by atoms with Crippen molar-refractivity contribution in [3.8, 4) is 0 Å². The van der Waals surface area contributed by atoms with Gasteiger partial charge in [-0.05, 0) is 26.0 Å². The Labute approximate surface area is 166 Å². The SMILES string of the molecule is CCOC(=O)c1ccc(C(=O)N2CCN(S(=O)(=O)N(CC)CC)CC2)nc1C. The molecule has 0 saturated carbocycles. The lowest BCUT2D eigenvalue weighted by molar-refractivity contribution is 0.0523. The van der Waals surface area contributed by atoms with Crippen molar-refractivity contribution in [1.82, 2.24) is 18.5 Å². The zero-order chi connectivity index (χ0) is 20.9. The summed E-state index contributed by atoms with van der Waals surface area (Å²) in [5.74, 6) is -0.750. The molecule has 1 amide bonds. The van der Waals surface area contributed by atoms with Crippen LogP contribution in [0.4, 0.5) is 0 Å². The van der Waals surface area contributed by atoms with Gasteiger partial charge in [0.05, 0.1) is 17.9 Å². The number of piperazine rings is 1. The van der Waals surface area contributed by atoms with Crippen LogP contribution in [0.1, 0.15) is 47.3 Å². The molecule has 0 aliphatic carbocycles. The first-order valence-corrected chi connectivity index (χ1v) is 10.8. The predicted molar refractivity (Wildman–Crippen MR) is 104 cm³/mol. The standard InChI is InChI=1S/C18H28N4O5S/c1-5-21(6-2)28(25,26)22-12-10-20(11-13-22)17(23)16-9-8-15(14(4)19-16)18(24)27-7-3/h8-9H,5-7,10-13H2,1-4H3. The van der Waals surface area contributed by atoms with E-state index in [1.54, 1.807) is 32.6 Å². The minimum atomic E-state index is -3.50. The average molecular weight is 413 g/mol. The Bertz CT molecular complexity index is 815. The van der Waals surface area contributed by atoms with Crippen LogP contribution in [0.3, 0.4) is 0 Å². The van der Waals surface area contributed by atoms with Gasteiger partial charge in [0.2, 0.25) is 0 Å². The third-order valence-electron chi connectivity index (χ3n) is 4.68. The van der Waals surface area contributed by atoms with Crippen molar-refractivity contribution < 1.29 is 22.7 Å². The third-order valence-corrected chi connectivity index (χ3v) is 6.87. The quantitative estimate of drug-likeness (QED) is 0.617. The Morgan fingerprint density at radius 3 is 2.21 bits per heavy atom. The zero-order valence-electron chi connectivity index (χ0n) is 16.8. The Morgan fingerprint density at radius 1 is 1.11 bits per heavy atom. The number of aryl methyl sites for hydroxylation is 1. The van der Waals surface area contributed by atoms with Crippen LogP contribution in [0, 0.1) is 6.92 Å². The Balaban J connectivity index is 2.06. The van der Waals surface area contributed by atoms with Gasteiger partial charge >= 0.3 is 5.97 Å². The average Bonchev–Trinajstić information content (AvgIpc) is 2.68. The molecule has 0 unspecified atom stereocenters. The van der Waals surface area contributed by atoms with Gasteiger partial charge in [0.25, 0.3) is 16.1 Å². The minimum Gasteiger partial charge on any atom is -0.462 e. The van der Waals surface area contributed by atoms with Gasteiger partial charge in [-0.15, -0.1) is 0 Å². The van der Waals surface area contributed by atoms with Gasteiger partial charge in [0.15, 0.2) is 0 Å². The number of nitrogens with zero attached hydrogens (tertiary/aromatic N) is 4. The van der Waals surface area contributed by atoms with Crippen molar-refractivity contribution in [1.29, 1.82) is 0 Å². The van der Waals surface area contributed by atoms with Gasteiger partial charge in [0.1, 0.15) is 5.69 Å². The van der Waals surface area contributed by atoms with Crippen LogP contribution in [0.25, 0.3) is 0 Å². The summed E-state index contributed by atoms with van der Waals surface area (Å²) in [6.45, 7) is 9.12. The first kappa shape index (κ1) is 22.3. The summed E-state index contributed by atoms with van der Waals surface area (Å²) in [6, 6.07) is 3.04. The molecule has 9 nitrogen and oxygen atoms in total. The highest BCUT2D eigenvalue weighted by Crippen LogP contribution is 2.15. The van der Waals surface area contributed by atoms with E-state index in [4.69, 9.17) is 4.74 Å². The van der Waals surface area contributed by atoms with E-state index < -0.39 is 16.2 Å². The molecule has 0 spiro atoms. The molecule has 0 radical (unpaired) electrons. The van der Waals surface area contributed by atoms with Crippen LogP contribution < -0.4 is 0 Å². The fourth-order valence-electron chi connectivity index (χ4n) is 3.10. The number of esters is 1. The molecule has 0 aromatic carbocycles. The van der Waals surface area contributed by atoms with Crippen LogP contribution in [-0.2, 0) is 14.9 Å². The Kier molecular flexibility index (Phi) is 7.50. The monoisotopic (exact) mass is 412 g/mol. The minimum absolute atomic E-state index is 0.227. The summed E-state index contributed by atoms with van der Waals surface area (Å²) in [6.07, 6.45) is 0. The van der Waals surface area contributed by atoms with Crippen molar-refractivity contribution in [2.24, 2.45) is 0 Å². The molecule has 156 valence electrons. The third kappa shape index (κ3) is 4.68. The largest absolute Gasteiger partial charge is 0.462 e. The van der Waals surface area contributed by atoms with Crippen LogP contribution in [0.2, 0.25) is 0 Å². The van der Waals surface area contributed by atoms with E-state index in [9.17, 15) is 18.0 Å². The fraction of sp³-hybridized carbons (Fsp3) is 0.611. The number of ether oxygens (including phenoxy) is 1. The lowest BCUT2D eigenvalue weighted by Gasteiger charge is -2.36. The summed E-state index contributed by atoms with van der Waals surface area (Å²) < 4.78 is 33.0. The molecule has 1 aliphatic heterocycles. The van der Waals surface area contributed by atoms with Crippen molar-refractivity contribution in [3.63, 3.8) is 0 Å². The molecular formula is C18H28N4O5S. The summed E-state index contributed by atoms with van der Waals surface area (Å²) in [4.78, 5) is 30.4. The molecule has 1 aromatic heterocycles. The number of aromatic nitrogens is 1. The molecule has 28 heavy (non-hydrogen) atoms. The first-order chi connectivity index (χ1) is 13.3. The maximum absolute atomic E-state index is 12.7. The number of hydrogen-bond acceptors (Lipinski definition) is 6. The molecule has 1 saturated heterocycles. The molecule has 0 atom stereocenters. The molecule has 2 heterocycles. The van der Waals surface area contributed by atoms with E-state index >= 15 is 0 Å². The van der Waals surface area contributed by atoms with Gasteiger partial charge in [-0.1, -0.05) is 13.8 Å². The molecule has 0 N–H and O–H groups in total. The smallest absolute Gasteiger partial charge is 0.339 e. The normalized spacial score (nSPS) is 15.7. The molecular weight excluding hydrogens is 384 g/mol. The lowest BCUT2D eigenvalue weighted by Crippen LogP contribution is -2.54. The number of rotatable bonds is 7. The Hall–Kier alpha value is -2.04. The van der Waals surface area contributed by atoms with Gasteiger partial charge in [0, 0.05) is 39.3 Å². The van der Waals surface area contributed by atoms with E-state index in [-0.39, 0.29) is 31.3 Å². The maximum Gasteiger partial charge on any atom is 0.339 e.